The standard InChI is InChI=1S/C19H28N6O2/c1-15-4-3-5-16(12-15)14-23-8-10-24(11-9-23)18(20-2)21-6-7-25-17(26)13-22-19(25)27/h3-5,12H,6-11,13-14H2,1-2H3,(H,20,21)(H,22,27). The van der Waals surface area contributed by atoms with Gasteiger partial charge in [-0.3, -0.25) is 19.6 Å². The van der Waals surface area contributed by atoms with E-state index in [1.807, 2.05) is 0 Å². The van der Waals surface area contributed by atoms with Gasteiger partial charge in [0, 0.05) is 52.9 Å². The molecule has 0 spiro atoms. The zero-order chi connectivity index (χ0) is 19.2. The van der Waals surface area contributed by atoms with E-state index < -0.39 is 0 Å². The molecule has 1 aromatic rings. The predicted molar refractivity (Wildman–Crippen MR) is 105 cm³/mol. The lowest BCUT2D eigenvalue weighted by Gasteiger charge is -2.36. The molecule has 8 heteroatoms. The van der Waals surface area contributed by atoms with Gasteiger partial charge in [-0.1, -0.05) is 29.8 Å². The van der Waals surface area contributed by atoms with Crippen LogP contribution >= 0.6 is 0 Å². The topological polar surface area (TPSA) is 80.3 Å². The number of amides is 3. The van der Waals surface area contributed by atoms with Crippen LogP contribution in [-0.4, -0.2) is 85.5 Å². The maximum atomic E-state index is 11.6. The molecule has 2 heterocycles. The third-order valence-corrected chi connectivity index (χ3v) is 4.93. The second-order valence-electron chi connectivity index (χ2n) is 6.93. The van der Waals surface area contributed by atoms with Crippen molar-refractivity contribution in [2.45, 2.75) is 13.5 Å². The molecule has 2 saturated heterocycles. The first kappa shape index (κ1) is 19.2. The molecule has 2 fully saturated rings. The normalized spacial score (nSPS) is 18.8. The summed E-state index contributed by atoms with van der Waals surface area (Å²) in [5, 5.41) is 5.79. The Balaban J connectivity index is 1.43. The van der Waals surface area contributed by atoms with E-state index >= 15 is 0 Å². The molecule has 0 aromatic heterocycles. The number of aliphatic imine (C=N–C) groups is 1. The summed E-state index contributed by atoms with van der Waals surface area (Å²) in [5.41, 5.74) is 2.64. The highest BCUT2D eigenvalue weighted by atomic mass is 16.2. The third-order valence-electron chi connectivity index (χ3n) is 4.93. The van der Waals surface area contributed by atoms with Gasteiger partial charge in [-0.15, -0.1) is 0 Å². The molecular formula is C19H28N6O2. The first-order valence-corrected chi connectivity index (χ1v) is 9.38. The smallest absolute Gasteiger partial charge is 0.324 e. The maximum Gasteiger partial charge on any atom is 0.324 e. The quantitative estimate of drug-likeness (QED) is 0.440. The van der Waals surface area contributed by atoms with Crippen LogP contribution in [0.3, 0.4) is 0 Å². The van der Waals surface area contributed by atoms with Gasteiger partial charge in [0.1, 0.15) is 0 Å². The number of carbonyl (C=O) groups is 2. The number of urea groups is 1. The van der Waals surface area contributed by atoms with E-state index in [-0.39, 0.29) is 18.5 Å². The summed E-state index contributed by atoms with van der Waals surface area (Å²) in [5.74, 6) is 0.638. The number of nitrogens with zero attached hydrogens (tertiary/aromatic N) is 4. The monoisotopic (exact) mass is 372 g/mol. The van der Waals surface area contributed by atoms with Crippen LogP contribution in [0.2, 0.25) is 0 Å². The Morgan fingerprint density at radius 3 is 2.63 bits per heavy atom. The average Bonchev–Trinajstić information content (AvgIpc) is 2.98. The first-order chi connectivity index (χ1) is 13.1. The summed E-state index contributed by atoms with van der Waals surface area (Å²) in [4.78, 5) is 33.4. The lowest BCUT2D eigenvalue weighted by atomic mass is 10.1. The number of aryl methyl sites for hydroxylation is 1. The van der Waals surface area contributed by atoms with Gasteiger partial charge < -0.3 is 15.5 Å². The second-order valence-corrected chi connectivity index (χ2v) is 6.93. The largest absolute Gasteiger partial charge is 0.354 e. The summed E-state index contributed by atoms with van der Waals surface area (Å²) < 4.78 is 0. The molecule has 0 unspecified atom stereocenters. The summed E-state index contributed by atoms with van der Waals surface area (Å²) in [6.45, 7) is 7.76. The Morgan fingerprint density at radius 1 is 1.22 bits per heavy atom. The van der Waals surface area contributed by atoms with Crippen molar-refractivity contribution in [3.8, 4) is 0 Å². The van der Waals surface area contributed by atoms with Crippen molar-refractivity contribution in [3.05, 3.63) is 35.4 Å². The Hall–Kier alpha value is -2.61. The Morgan fingerprint density at radius 2 is 2.00 bits per heavy atom. The van der Waals surface area contributed by atoms with Crippen LogP contribution in [0, 0.1) is 6.92 Å². The molecule has 146 valence electrons. The number of hydrogen-bond acceptors (Lipinski definition) is 4. The van der Waals surface area contributed by atoms with Crippen LogP contribution in [0.4, 0.5) is 4.79 Å². The SMILES string of the molecule is CN=C(NCCN1C(=O)CNC1=O)N1CCN(Cc2cccc(C)c2)CC1. The van der Waals surface area contributed by atoms with Gasteiger partial charge >= 0.3 is 6.03 Å². The first-order valence-electron chi connectivity index (χ1n) is 9.38. The summed E-state index contributed by atoms with van der Waals surface area (Å²) >= 11 is 0. The zero-order valence-corrected chi connectivity index (χ0v) is 16.1. The van der Waals surface area contributed by atoms with Crippen LogP contribution < -0.4 is 10.6 Å². The molecule has 3 amide bonds. The number of piperazine rings is 1. The van der Waals surface area contributed by atoms with Crippen molar-refractivity contribution < 1.29 is 9.59 Å². The number of guanidine groups is 1. The van der Waals surface area contributed by atoms with Crippen molar-refractivity contribution in [2.24, 2.45) is 4.99 Å². The van der Waals surface area contributed by atoms with Gasteiger partial charge in [0.25, 0.3) is 0 Å². The minimum Gasteiger partial charge on any atom is -0.354 e. The van der Waals surface area contributed by atoms with E-state index in [1.54, 1.807) is 7.05 Å². The minimum absolute atomic E-state index is 0.0937. The van der Waals surface area contributed by atoms with Crippen LogP contribution in [-0.2, 0) is 11.3 Å². The fraction of sp³-hybridized carbons (Fsp3) is 0.526. The number of rotatable bonds is 5. The highest BCUT2D eigenvalue weighted by molar-refractivity contribution is 6.01. The number of carbonyl (C=O) groups excluding carboxylic acids is 2. The van der Waals surface area contributed by atoms with Gasteiger partial charge in [-0.25, -0.2) is 4.79 Å². The van der Waals surface area contributed by atoms with Crippen molar-refractivity contribution >= 4 is 17.9 Å². The molecule has 0 saturated carbocycles. The molecule has 0 bridgehead atoms. The molecule has 0 radical (unpaired) electrons. The predicted octanol–water partition coefficient (Wildman–Crippen LogP) is 0.240. The number of benzene rings is 1. The number of nitrogens with one attached hydrogen (secondary N) is 2. The number of imide groups is 1. The van der Waals surface area contributed by atoms with Crippen molar-refractivity contribution in [2.75, 3.05) is 52.9 Å². The lowest BCUT2D eigenvalue weighted by molar-refractivity contribution is -0.124. The molecule has 2 aliphatic rings. The Kier molecular flexibility index (Phi) is 6.28. The molecule has 1 aromatic carbocycles. The van der Waals surface area contributed by atoms with Crippen molar-refractivity contribution in [1.29, 1.82) is 0 Å². The van der Waals surface area contributed by atoms with E-state index in [0.29, 0.717) is 13.1 Å². The van der Waals surface area contributed by atoms with Gasteiger partial charge in [-0.2, -0.15) is 0 Å². The van der Waals surface area contributed by atoms with Crippen LogP contribution in [0.15, 0.2) is 29.3 Å². The number of hydrogen-bond donors (Lipinski definition) is 2. The summed E-state index contributed by atoms with van der Waals surface area (Å²) in [7, 11) is 1.76. The van der Waals surface area contributed by atoms with Crippen LogP contribution in [0.1, 0.15) is 11.1 Å². The van der Waals surface area contributed by atoms with Crippen molar-refractivity contribution in [1.82, 2.24) is 25.3 Å². The van der Waals surface area contributed by atoms with Gasteiger partial charge in [0.15, 0.2) is 5.96 Å². The lowest BCUT2D eigenvalue weighted by Crippen LogP contribution is -2.53. The van der Waals surface area contributed by atoms with E-state index in [0.717, 1.165) is 38.7 Å². The van der Waals surface area contributed by atoms with Gasteiger partial charge in [-0.05, 0) is 12.5 Å². The van der Waals surface area contributed by atoms with E-state index in [2.05, 4.69) is 56.6 Å². The highest BCUT2D eigenvalue weighted by Gasteiger charge is 2.28. The highest BCUT2D eigenvalue weighted by Crippen LogP contribution is 2.10. The van der Waals surface area contributed by atoms with Crippen molar-refractivity contribution in [3.63, 3.8) is 0 Å². The Bertz CT molecular complexity index is 696. The molecule has 27 heavy (non-hydrogen) atoms. The molecule has 8 nitrogen and oxygen atoms in total. The maximum absolute atomic E-state index is 11.6. The molecular weight excluding hydrogens is 344 g/mol. The van der Waals surface area contributed by atoms with Crippen LogP contribution in [0.5, 0.6) is 0 Å². The van der Waals surface area contributed by atoms with Crippen LogP contribution in [0.25, 0.3) is 0 Å². The molecule has 2 aliphatic heterocycles. The van der Waals surface area contributed by atoms with Gasteiger partial charge in [0.2, 0.25) is 5.91 Å². The molecule has 0 aliphatic carbocycles. The minimum atomic E-state index is -0.318. The second kappa shape index (κ2) is 8.85. The fourth-order valence-electron chi connectivity index (χ4n) is 3.48. The van der Waals surface area contributed by atoms with Gasteiger partial charge in [0.05, 0.1) is 6.54 Å². The molecule has 2 N–H and O–H groups in total. The van der Waals surface area contributed by atoms with E-state index in [1.165, 1.54) is 16.0 Å². The molecule has 3 rings (SSSR count). The van der Waals surface area contributed by atoms with E-state index in [9.17, 15) is 9.59 Å². The Labute approximate surface area is 160 Å². The fourth-order valence-corrected chi connectivity index (χ4v) is 3.48. The average molecular weight is 372 g/mol. The summed E-state index contributed by atoms with van der Waals surface area (Å²) in [6, 6.07) is 8.33. The summed E-state index contributed by atoms with van der Waals surface area (Å²) in [6.07, 6.45) is 0. The molecule has 0 atom stereocenters. The van der Waals surface area contributed by atoms with E-state index in [4.69, 9.17) is 0 Å². The third kappa shape index (κ3) is 4.97. The zero-order valence-electron chi connectivity index (χ0n) is 16.1.